The molecule has 1 atom stereocenters. The van der Waals surface area contributed by atoms with E-state index in [0.717, 1.165) is 19.4 Å². The third kappa shape index (κ3) is 12.2. The van der Waals surface area contributed by atoms with Gasteiger partial charge in [0, 0.05) is 13.0 Å². The minimum absolute atomic E-state index is 0.167. The summed E-state index contributed by atoms with van der Waals surface area (Å²) in [5, 5.41) is 3.00. The molecule has 0 aromatic carbocycles. The number of nitrogens with one attached hydrogen (secondary N) is 1. The number of rotatable bonds is 13. The second-order valence-electron chi connectivity index (χ2n) is 5.54. The van der Waals surface area contributed by atoms with Gasteiger partial charge in [0.25, 0.3) is 0 Å². The fourth-order valence-electron chi connectivity index (χ4n) is 2.22. The van der Waals surface area contributed by atoms with E-state index in [1.54, 1.807) is 0 Å². The smallest absolute Gasteiger partial charge is 0.220 e. The average molecular weight is 270 g/mol. The van der Waals surface area contributed by atoms with Crippen molar-refractivity contribution in [3.8, 4) is 0 Å². The second-order valence-corrected chi connectivity index (χ2v) is 5.54. The lowest BCUT2D eigenvalue weighted by atomic mass is 10.0. The zero-order valence-corrected chi connectivity index (χ0v) is 13.0. The summed E-state index contributed by atoms with van der Waals surface area (Å²) in [7, 11) is 0. The van der Waals surface area contributed by atoms with Crippen molar-refractivity contribution in [2.45, 2.75) is 78.1 Å². The van der Waals surface area contributed by atoms with Crippen LogP contribution in [0, 0.1) is 5.92 Å². The van der Waals surface area contributed by atoms with Crippen LogP contribution in [0.1, 0.15) is 78.1 Å². The van der Waals surface area contributed by atoms with Crippen LogP contribution in [0.4, 0.5) is 0 Å². The van der Waals surface area contributed by atoms with Crippen molar-refractivity contribution in [1.82, 2.24) is 5.32 Å². The lowest BCUT2D eigenvalue weighted by Gasteiger charge is -2.11. The van der Waals surface area contributed by atoms with Gasteiger partial charge in [-0.05, 0) is 18.9 Å². The largest absolute Gasteiger partial charge is 0.356 e. The van der Waals surface area contributed by atoms with Gasteiger partial charge in [0.2, 0.25) is 5.91 Å². The molecule has 1 unspecified atom stereocenters. The monoisotopic (exact) mass is 270 g/mol. The molecule has 0 fully saturated rings. The van der Waals surface area contributed by atoms with Crippen LogP contribution in [0.2, 0.25) is 0 Å². The van der Waals surface area contributed by atoms with Gasteiger partial charge in [-0.3, -0.25) is 4.79 Å². The quantitative estimate of drug-likeness (QED) is 0.502. The maximum atomic E-state index is 11.6. The van der Waals surface area contributed by atoms with E-state index >= 15 is 0 Å². The van der Waals surface area contributed by atoms with Crippen LogP contribution in [-0.2, 0) is 4.79 Å². The molecule has 0 aliphatic carbocycles. The third-order valence-corrected chi connectivity index (χ3v) is 3.74. The standard InChI is InChI=1S/C16H34N2O/c1-3-5-6-7-8-9-10-11-12-18-16(19)13-15(4-2)14-17/h15H,3-14,17H2,1-2H3,(H,18,19). The van der Waals surface area contributed by atoms with E-state index in [0.29, 0.717) is 18.9 Å². The zero-order chi connectivity index (χ0) is 14.3. The fourth-order valence-corrected chi connectivity index (χ4v) is 2.22. The van der Waals surface area contributed by atoms with Crippen LogP contribution < -0.4 is 11.1 Å². The van der Waals surface area contributed by atoms with Gasteiger partial charge in [-0.15, -0.1) is 0 Å². The molecule has 1 amide bonds. The summed E-state index contributed by atoms with van der Waals surface area (Å²) in [6.45, 7) is 5.77. The van der Waals surface area contributed by atoms with Gasteiger partial charge in [-0.1, -0.05) is 65.2 Å². The summed E-state index contributed by atoms with van der Waals surface area (Å²) in [5.41, 5.74) is 5.60. The van der Waals surface area contributed by atoms with E-state index in [9.17, 15) is 4.79 Å². The molecule has 19 heavy (non-hydrogen) atoms. The van der Waals surface area contributed by atoms with Crippen LogP contribution in [0.25, 0.3) is 0 Å². The molecule has 0 aliphatic heterocycles. The number of carbonyl (C=O) groups excluding carboxylic acids is 1. The lowest BCUT2D eigenvalue weighted by molar-refractivity contribution is -0.122. The summed E-state index contributed by atoms with van der Waals surface area (Å²) in [5.74, 6) is 0.513. The van der Waals surface area contributed by atoms with Crippen molar-refractivity contribution in [3.05, 3.63) is 0 Å². The summed E-state index contributed by atoms with van der Waals surface area (Å²) >= 11 is 0. The number of carbonyl (C=O) groups is 1. The van der Waals surface area contributed by atoms with Gasteiger partial charge in [0.05, 0.1) is 0 Å². The van der Waals surface area contributed by atoms with Crippen molar-refractivity contribution >= 4 is 5.91 Å². The topological polar surface area (TPSA) is 55.1 Å². The minimum Gasteiger partial charge on any atom is -0.356 e. The maximum Gasteiger partial charge on any atom is 0.220 e. The van der Waals surface area contributed by atoms with Gasteiger partial charge in [0.15, 0.2) is 0 Å². The van der Waals surface area contributed by atoms with Crippen LogP contribution in [0.15, 0.2) is 0 Å². The molecule has 0 rings (SSSR count). The van der Waals surface area contributed by atoms with E-state index in [2.05, 4.69) is 19.2 Å². The van der Waals surface area contributed by atoms with E-state index in [1.165, 1.54) is 44.9 Å². The highest BCUT2D eigenvalue weighted by molar-refractivity contribution is 5.76. The predicted molar refractivity (Wildman–Crippen MR) is 83.1 cm³/mol. The first-order chi connectivity index (χ1) is 9.24. The molecule has 0 saturated carbocycles. The number of unbranched alkanes of at least 4 members (excludes halogenated alkanes) is 7. The first kappa shape index (κ1) is 18.4. The molecule has 0 aliphatic rings. The third-order valence-electron chi connectivity index (χ3n) is 3.74. The Labute approximate surface area is 119 Å². The van der Waals surface area contributed by atoms with E-state index in [-0.39, 0.29) is 5.91 Å². The molecular formula is C16H34N2O. The van der Waals surface area contributed by atoms with Gasteiger partial charge >= 0.3 is 0 Å². The Kier molecular flexibility index (Phi) is 13.4. The minimum atomic E-state index is 0.167. The fraction of sp³-hybridized carbons (Fsp3) is 0.938. The Bertz CT molecular complexity index is 203. The van der Waals surface area contributed by atoms with Crippen molar-refractivity contribution in [3.63, 3.8) is 0 Å². The summed E-state index contributed by atoms with van der Waals surface area (Å²) in [6.07, 6.45) is 12.0. The summed E-state index contributed by atoms with van der Waals surface area (Å²) in [6, 6.07) is 0. The Morgan fingerprint density at radius 1 is 1.00 bits per heavy atom. The Balaban J connectivity index is 3.27. The molecule has 3 nitrogen and oxygen atoms in total. The Hall–Kier alpha value is -0.570. The molecule has 0 aromatic heterocycles. The van der Waals surface area contributed by atoms with Gasteiger partial charge < -0.3 is 11.1 Å². The average Bonchev–Trinajstić information content (AvgIpc) is 2.43. The first-order valence-corrected chi connectivity index (χ1v) is 8.21. The Morgan fingerprint density at radius 2 is 1.58 bits per heavy atom. The van der Waals surface area contributed by atoms with Gasteiger partial charge in [-0.25, -0.2) is 0 Å². The van der Waals surface area contributed by atoms with E-state index < -0.39 is 0 Å². The first-order valence-electron chi connectivity index (χ1n) is 8.21. The zero-order valence-electron chi connectivity index (χ0n) is 13.0. The molecule has 0 aromatic rings. The molecular weight excluding hydrogens is 236 g/mol. The molecule has 114 valence electrons. The number of hydrogen-bond donors (Lipinski definition) is 2. The maximum absolute atomic E-state index is 11.6. The van der Waals surface area contributed by atoms with Crippen LogP contribution in [-0.4, -0.2) is 19.0 Å². The SMILES string of the molecule is CCCCCCCCCCNC(=O)CC(CC)CN. The molecule has 0 saturated heterocycles. The molecule has 0 radical (unpaired) electrons. The molecule has 0 bridgehead atoms. The van der Waals surface area contributed by atoms with E-state index in [4.69, 9.17) is 5.73 Å². The van der Waals surface area contributed by atoms with Gasteiger partial charge in [0.1, 0.15) is 0 Å². The van der Waals surface area contributed by atoms with Crippen molar-refractivity contribution < 1.29 is 4.79 Å². The molecule has 0 heterocycles. The lowest BCUT2D eigenvalue weighted by Crippen LogP contribution is -2.28. The van der Waals surface area contributed by atoms with Crippen LogP contribution >= 0.6 is 0 Å². The number of nitrogens with two attached hydrogens (primary N) is 1. The van der Waals surface area contributed by atoms with Crippen LogP contribution in [0.3, 0.4) is 0 Å². The van der Waals surface area contributed by atoms with Crippen molar-refractivity contribution in [2.75, 3.05) is 13.1 Å². The number of amides is 1. The van der Waals surface area contributed by atoms with Crippen molar-refractivity contribution in [2.24, 2.45) is 11.7 Å². The number of hydrogen-bond acceptors (Lipinski definition) is 2. The Morgan fingerprint density at radius 3 is 2.11 bits per heavy atom. The normalized spacial score (nSPS) is 12.4. The molecule has 0 spiro atoms. The second kappa shape index (κ2) is 13.9. The van der Waals surface area contributed by atoms with Crippen molar-refractivity contribution in [1.29, 1.82) is 0 Å². The van der Waals surface area contributed by atoms with Gasteiger partial charge in [-0.2, -0.15) is 0 Å². The predicted octanol–water partition coefficient (Wildman–Crippen LogP) is 3.62. The van der Waals surface area contributed by atoms with E-state index in [1.807, 2.05) is 0 Å². The highest BCUT2D eigenvalue weighted by Gasteiger charge is 2.09. The molecule has 3 N–H and O–H groups in total. The summed E-state index contributed by atoms with van der Waals surface area (Å²) < 4.78 is 0. The highest BCUT2D eigenvalue weighted by Crippen LogP contribution is 2.08. The summed E-state index contributed by atoms with van der Waals surface area (Å²) in [4.78, 5) is 11.6. The molecule has 3 heteroatoms. The highest BCUT2D eigenvalue weighted by atomic mass is 16.1. The van der Waals surface area contributed by atoms with Crippen LogP contribution in [0.5, 0.6) is 0 Å².